The van der Waals surface area contributed by atoms with Gasteiger partial charge in [-0.25, -0.2) is 15.0 Å². The highest BCUT2D eigenvalue weighted by Gasteiger charge is 2.24. The van der Waals surface area contributed by atoms with E-state index in [-0.39, 0.29) is 0 Å². The highest BCUT2D eigenvalue weighted by Crippen LogP contribution is 2.46. The lowest BCUT2D eigenvalue weighted by molar-refractivity contribution is 0.671. The molecule has 0 aliphatic heterocycles. The normalized spacial score (nSPS) is 11.7. The molecule has 6 heteroatoms. The molecule has 0 amide bonds. The standard InChI is InChI=1S/C70H42N4O2/c1-2-19-44(20-3-1)50-28-14-31-55-56-32-15-29-53(65(56)75-64(50)55)51-24-8-10-26-60(51)69-72-68(47-38-37-43-18-4-5-21-45(43)40-47)73-70(74-69)61-27-11-9-25-52(61)54-30-16-33-57-58-34-17-35-59(67(58)76-66(54)57)62-42-48(63-36-12-13-39-71-63)41-46-22-6-7-23-49(46)62/h1-42H. The van der Waals surface area contributed by atoms with Crippen LogP contribution in [0.25, 0.3) is 155 Å². The van der Waals surface area contributed by atoms with Crippen LogP contribution in [0.15, 0.2) is 264 Å². The molecule has 11 aromatic carbocycles. The fraction of sp³-hybridized carbons (Fsp3) is 0. The van der Waals surface area contributed by atoms with Crippen molar-refractivity contribution in [3.63, 3.8) is 0 Å². The van der Waals surface area contributed by atoms with Gasteiger partial charge < -0.3 is 8.83 Å². The number of para-hydroxylation sites is 4. The van der Waals surface area contributed by atoms with Gasteiger partial charge in [0.05, 0.1) is 5.69 Å². The van der Waals surface area contributed by atoms with Crippen LogP contribution in [0.3, 0.4) is 0 Å². The van der Waals surface area contributed by atoms with Crippen LogP contribution in [0.2, 0.25) is 0 Å². The first-order valence-electron chi connectivity index (χ1n) is 25.5. The molecule has 4 heterocycles. The summed E-state index contributed by atoms with van der Waals surface area (Å²) in [7, 11) is 0. The van der Waals surface area contributed by atoms with Crippen molar-refractivity contribution in [1.29, 1.82) is 0 Å². The molecule has 6 nitrogen and oxygen atoms in total. The molecule has 4 aromatic heterocycles. The molecular formula is C70H42N4O2. The summed E-state index contributed by atoms with van der Waals surface area (Å²) in [5.74, 6) is 1.65. The van der Waals surface area contributed by atoms with Gasteiger partial charge in [0.2, 0.25) is 0 Å². The third-order valence-electron chi connectivity index (χ3n) is 14.8. The molecule has 0 unspecified atom stereocenters. The topological polar surface area (TPSA) is 77.8 Å². The van der Waals surface area contributed by atoms with E-state index in [2.05, 4.69) is 224 Å². The maximum atomic E-state index is 7.21. The number of nitrogens with zero attached hydrogens (tertiary/aromatic N) is 4. The largest absolute Gasteiger partial charge is 0.455 e. The number of benzene rings is 11. The molecule has 0 atom stereocenters. The highest BCUT2D eigenvalue weighted by molar-refractivity contribution is 6.16. The second kappa shape index (κ2) is 17.7. The monoisotopic (exact) mass is 970 g/mol. The number of rotatable bonds is 8. The van der Waals surface area contributed by atoms with Gasteiger partial charge in [0.15, 0.2) is 17.5 Å². The van der Waals surface area contributed by atoms with Gasteiger partial charge in [0.25, 0.3) is 0 Å². The first-order chi connectivity index (χ1) is 37.7. The number of hydrogen-bond donors (Lipinski definition) is 0. The van der Waals surface area contributed by atoms with Crippen LogP contribution < -0.4 is 0 Å². The second-order valence-corrected chi connectivity index (χ2v) is 19.2. The zero-order chi connectivity index (χ0) is 50.1. The van der Waals surface area contributed by atoms with E-state index in [1.165, 1.54) is 0 Å². The third kappa shape index (κ3) is 7.18. The Morgan fingerprint density at radius 2 is 0.684 bits per heavy atom. The molecule has 0 saturated heterocycles. The Hall–Kier alpha value is -10.3. The van der Waals surface area contributed by atoms with Crippen molar-refractivity contribution in [3.8, 4) is 89.9 Å². The first kappa shape index (κ1) is 43.3. The molecule has 354 valence electrons. The van der Waals surface area contributed by atoms with E-state index in [4.69, 9.17) is 28.8 Å². The molecule has 0 N–H and O–H groups in total. The van der Waals surface area contributed by atoms with Gasteiger partial charge in [-0.15, -0.1) is 0 Å². The Labute approximate surface area is 436 Å². The second-order valence-electron chi connectivity index (χ2n) is 19.2. The molecule has 76 heavy (non-hydrogen) atoms. The zero-order valence-electron chi connectivity index (χ0n) is 40.9. The summed E-state index contributed by atoms with van der Waals surface area (Å²) in [4.78, 5) is 20.9. The summed E-state index contributed by atoms with van der Waals surface area (Å²) in [5, 5.41) is 8.67. The number of pyridine rings is 1. The molecule has 0 aliphatic rings. The first-order valence-corrected chi connectivity index (χ1v) is 25.5. The van der Waals surface area contributed by atoms with Crippen molar-refractivity contribution >= 4 is 65.4 Å². The van der Waals surface area contributed by atoms with Crippen LogP contribution >= 0.6 is 0 Å². The average Bonchev–Trinajstić information content (AvgIpc) is 4.14. The van der Waals surface area contributed by atoms with Crippen LogP contribution in [-0.4, -0.2) is 19.9 Å². The molecule has 0 saturated carbocycles. The summed E-state index contributed by atoms with van der Waals surface area (Å²) in [6.07, 6.45) is 1.84. The van der Waals surface area contributed by atoms with E-state index in [1.807, 2.05) is 30.5 Å². The SMILES string of the molecule is c1ccc(-c2cccc3c2oc2c(-c4ccccc4-c4nc(-c5ccc6ccccc6c5)nc(-c5ccccc5-c5cccc6c5oc5c(-c7cc(-c8ccccn8)cc8ccccc78)cccc56)n4)cccc23)cc1. The number of aromatic nitrogens is 4. The van der Waals surface area contributed by atoms with E-state index >= 15 is 0 Å². The predicted octanol–water partition coefficient (Wildman–Crippen LogP) is 18.7. The summed E-state index contributed by atoms with van der Waals surface area (Å²) in [6.45, 7) is 0. The Morgan fingerprint density at radius 1 is 0.237 bits per heavy atom. The van der Waals surface area contributed by atoms with Crippen LogP contribution in [0.1, 0.15) is 0 Å². The van der Waals surface area contributed by atoms with Crippen molar-refractivity contribution in [2.75, 3.05) is 0 Å². The lowest BCUT2D eigenvalue weighted by atomic mass is 9.93. The van der Waals surface area contributed by atoms with Gasteiger partial charge in [0, 0.05) is 72.2 Å². The van der Waals surface area contributed by atoms with E-state index in [0.29, 0.717) is 17.5 Å². The average molecular weight is 971 g/mol. The van der Waals surface area contributed by atoms with Crippen molar-refractivity contribution in [3.05, 3.63) is 255 Å². The van der Waals surface area contributed by atoms with Gasteiger partial charge in [-0.3, -0.25) is 4.98 Å². The van der Waals surface area contributed by atoms with E-state index in [1.54, 1.807) is 0 Å². The van der Waals surface area contributed by atoms with Crippen LogP contribution in [0.5, 0.6) is 0 Å². The van der Waals surface area contributed by atoms with Crippen LogP contribution in [-0.2, 0) is 0 Å². The van der Waals surface area contributed by atoms with Gasteiger partial charge in [-0.2, -0.15) is 0 Å². The lowest BCUT2D eigenvalue weighted by Gasteiger charge is -2.14. The Morgan fingerprint density at radius 3 is 1.29 bits per heavy atom. The number of fused-ring (bicyclic) bond motifs is 8. The number of hydrogen-bond acceptors (Lipinski definition) is 6. The van der Waals surface area contributed by atoms with Crippen molar-refractivity contribution in [1.82, 2.24) is 19.9 Å². The Bertz CT molecular complexity index is 4770. The van der Waals surface area contributed by atoms with Gasteiger partial charge >= 0.3 is 0 Å². The fourth-order valence-corrected chi connectivity index (χ4v) is 11.2. The van der Waals surface area contributed by atoms with Crippen molar-refractivity contribution in [2.45, 2.75) is 0 Å². The van der Waals surface area contributed by atoms with Gasteiger partial charge in [0.1, 0.15) is 22.3 Å². The van der Waals surface area contributed by atoms with E-state index in [0.717, 1.165) is 138 Å². The van der Waals surface area contributed by atoms with Gasteiger partial charge in [-0.1, -0.05) is 218 Å². The Kier molecular flexibility index (Phi) is 10.1. The van der Waals surface area contributed by atoms with E-state index in [9.17, 15) is 0 Å². The van der Waals surface area contributed by atoms with Crippen molar-refractivity contribution < 1.29 is 8.83 Å². The molecule has 15 rings (SSSR count). The minimum Gasteiger partial charge on any atom is -0.455 e. The van der Waals surface area contributed by atoms with Crippen LogP contribution in [0, 0.1) is 0 Å². The summed E-state index contributed by atoms with van der Waals surface area (Å²) < 4.78 is 14.2. The zero-order valence-corrected chi connectivity index (χ0v) is 40.9. The number of furan rings is 2. The third-order valence-corrected chi connectivity index (χ3v) is 14.8. The Balaban J connectivity index is 0.920. The minimum atomic E-state index is 0.541. The molecule has 0 fully saturated rings. The van der Waals surface area contributed by atoms with Gasteiger partial charge in [-0.05, 0) is 74.1 Å². The lowest BCUT2D eigenvalue weighted by Crippen LogP contribution is -2.02. The smallest absolute Gasteiger partial charge is 0.164 e. The highest BCUT2D eigenvalue weighted by atomic mass is 16.3. The van der Waals surface area contributed by atoms with Crippen molar-refractivity contribution in [2.24, 2.45) is 0 Å². The molecule has 0 spiro atoms. The maximum absolute atomic E-state index is 7.21. The molecular weight excluding hydrogens is 929 g/mol. The van der Waals surface area contributed by atoms with E-state index < -0.39 is 0 Å². The molecule has 0 aliphatic carbocycles. The molecule has 0 radical (unpaired) electrons. The fourth-order valence-electron chi connectivity index (χ4n) is 11.2. The minimum absolute atomic E-state index is 0.541. The maximum Gasteiger partial charge on any atom is 0.164 e. The summed E-state index contributed by atoms with van der Waals surface area (Å²) in [5.41, 5.74) is 15.8. The molecule has 15 aromatic rings. The van der Waals surface area contributed by atoms with Crippen LogP contribution in [0.4, 0.5) is 0 Å². The predicted molar refractivity (Wildman–Crippen MR) is 311 cm³/mol. The summed E-state index contributed by atoms with van der Waals surface area (Å²) >= 11 is 0. The quantitative estimate of drug-likeness (QED) is 0.151. The molecule has 0 bridgehead atoms. The summed E-state index contributed by atoms with van der Waals surface area (Å²) in [6, 6.07) is 86.6.